The van der Waals surface area contributed by atoms with Crippen LogP contribution in [0.15, 0.2) is 60.2 Å². The Bertz CT molecular complexity index is 5240. The maximum atomic E-state index is 14.4. The molecule has 4 unspecified atom stereocenters. The van der Waals surface area contributed by atoms with Crippen LogP contribution in [0.3, 0.4) is 0 Å². The molecule has 556 valence electrons. The molecule has 5 aliphatic heterocycles. The van der Waals surface area contributed by atoms with Gasteiger partial charge in [0.1, 0.15) is 122 Å². The van der Waals surface area contributed by atoms with E-state index in [1.54, 1.807) is 0 Å². The zero-order valence-corrected chi connectivity index (χ0v) is 56.6. The van der Waals surface area contributed by atoms with Gasteiger partial charge in [0.15, 0.2) is 56.7 Å². The number of aromatic nitrogens is 20. The number of anilines is 5. The number of nitrogens with two attached hydrogens (primary N) is 5. The third kappa shape index (κ3) is 14.3. The summed E-state index contributed by atoms with van der Waals surface area (Å²) in [4.78, 5) is 129. The van der Waals surface area contributed by atoms with Crippen LogP contribution < -0.4 is 39.8 Å². The van der Waals surface area contributed by atoms with Gasteiger partial charge < -0.3 is 82.1 Å². The number of aromatic amines is 2. The van der Waals surface area contributed by atoms with E-state index >= 15 is 0 Å². The van der Waals surface area contributed by atoms with Crippen LogP contribution in [0, 0.1) is 0 Å². The van der Waals surface area contributed by atoms with E-state index in [1.807, 2.05) is 0 Å². The van der Waals surface area contributed by atoms with Crippen LogP contribution in [0.2, 0.25) is 0 Å². The predicted octanol–water partition coefficient (Wildman–Crippen LogP) is -1.52. The minimum absolute atomic E-state index is 0.00321. The second-order valence-corrected chi connectivity index (χ2v) is 29.6. The van der Waals surface area contributed by atoms with Crippen molar-refractivity contribution < 1.29 is 108 Å². The van der Waals surface area contributed by atoms with Crippen molar-refractivity contribution in [3.63, 3.8) is 0 Å². The van der Waals surface area contributed by atoms with E-state index in [4.69, 9.17) is 88.5 Å². The van der Waals surface area contributed by atoms with Crippen LogP contribution in [0.1, 0.15) is 63.2 Å². The Morgan fingerprint density at radius 2 is 0.683 bits per heavy atom. The smallest absolute Gasteiger partial charge is 0.394 e. The molecule has 15 rings (SSSR count). The molecule has 10 aromatic heterocycles. The highest BCUT2D eigenvalue weighted by atomic mass is 31.2. The lowest BCUT2D eigenvalue weighted by Gasteiger charge is -2.25. The number of nitrogen functional groups attached to an aromatic ring is 5. The monoisotopic (exact) mass is 1540 g/mol. The molecule has 18 N–H and O–H groups in total. The van der Waals surface area contributed by atoms with Crippen molar-refractivity contribution in [2.75, 3.05) is 61.7 Å². The Kier molecular flexibility index (Phi) is 19.0. The van der Waals surface area contributed by atoms with E-state index in [0.29, 0.717) is 0 Å². The number of ether oxygens (including phenoxy) is 5. The third-order valence-electron chi connectivity index (χ3n) is 17.4. The lowest BCUT2D eigenvalue weighted by molar-refractivity contribution is -0.0632. The second kappa shape index (κ2) is 27.8. The highest BCUT2D eigenvalue weighted by molar-refractivity contribution is 7.48. The van der Waals surface area contributed by atoms with Crippen molar-refractivity contribution in [2.45, 2.75) is 124 Å². The summed E-state index contributed by atoms with van der Waals surface area (Å²) in [5.41, 5.74) is 29.1. The summed E-state index contributed by atoms with van der Waals surface area (Å²) in [6.45, 7) is -4.27. The van der Waals surface area contributed by atoms with Gasteiger partial charge in [0, 0.05) is 32.1 Å². The highest BCUT2D eigenvalue weighted by Crippen LogP contribution is 2.55. The van der Waals surface area contributed by atoms with Crippen LogP contribution in [0.25, 0.3) is 55.8 Å². The van der Waals surface area contributed by atoms with Crippen molar-refractivity contribution in [1.82, 2.24) is 97.6 Å². The van der Waals surface area contributed by atoms with Crippen LogP contribution in [0.4, 0.5) is 29.4 Å². The van der Waals surface area contributed by atoms with Crippen molar-refractivity contribution >= 4 is 116 Å². The maximum absolute atomic E-state index is 14.4. The number of hydrogen-bond acceptors (Lipinski definition) is 39. The highest BCUT2D eigenvalue weighted by Gasteiger charge is 2.50. The van der Waals surface area contributed by atoms with Gasteiger partial charge in [-0.05, 0) is 0 Å². The molecule has 104 heavy (non-hydrogen) atoms. The summed E-state index contributed by atoms with van der Waals surface area (Å²) < 4.78 is 139. The fraction of sp³-hybridized carbons (Fsp3) is 0.500. The van der Waals surface area contributed by atoms with E-state index in [1.165, 1.54) is 54.5 Å². The zero-order chi connectivity index (χ0) is 72.9. The maximum Gasteiger partial charge on any atom is 0.472 e. The largest absolute Gasteiger partial charge is 0.472 e. The quantitative estimate of drug-likeness (QED) is 0.0274. The average Bonchev–Trinajstić information content (AvgIpc) is 1.64. The Balaban J connectivity index is 0.637. The van der Waals surface area contributed by atoms with Crippen LogP contribution in [0.5, 0.6) is 0 Å². The number of imidazole rings is 5. The number of hydrogen-bond donors (Lipinski definition) is 13. The van der Waals surface area contributed by atoms with Gasteiger partial charge in [-0.25, -0.2) is 73.1 Å². The first-order valence-corrected chi connectivity index (χ1v) is 37.0. The summed E-state index contributed by atoms with van der Waals surface area (Å²) in [5.74, 6) is -0.502. The molecule has 0 bridgehead atoms. The van der Waals surface area contributed by atoms with Gasteiger partial charge in [-0.3, -0.25) is 78.6 Å². The van der Waals surface area contributed by atoms with Crippen LogP contribution in [-0.4, -0.2) is 221 Å². The van der Waals surface area contributed by atoms with Crippen molar-refractivity contribution in [3.05, 3.63) is 71.3 Å². The zero-order valence-electron chi connectivity index (χ0n) is 53.0. The fourth-order valence-electron chi connectivity index (χ4n) is 12.6. The number of H-pyrrole nitrogens is 2. The number of nitrogens with one attached hydrogen (secondary N) is 2. The molecule has 0 aromatic carbocycles. The first kappa shape index (κ1) is 71.1. The molecule has 0 amide bonds. The molecule has 50 nitrogen and oxygen atoms in total. The Hall–Kier alpha value is -8.49. The van der Waals surface area contributed by atoms with E-state index in [2.05, 4.69) is 74.8 Å². The number of aliphatic hydroxyl groups is 2. The first-order chi connectivity index (χ1) is 49.6. The third-order valence-corrected chi connectivity index (χ3v) is 21.5. The summed E-state index contributed by atoms with van der Waals surface area (Å²) in [7, 11) is -21.3. The number of phosphoric acid groups is 4. The van der Waals surface area contributed by atoms with E-state index in [-0.39, 0.29) is 117 Å². The SMILES string of the molecule is Nc1nc2c(ncn2[C@H]2C[C@H](OP(=O)(O)OC[C@H]3O[C@@H](n4cnc5c(N)ncnc54)C[C@@H]3OP(=O)(O)OC[C@H]3O[C@@H](n4cnc5c(N)ncnc54)C[C@@H]3OP(=O)(O)OC[C@H]3O[C@@H](n4cnc5c(N)ncnc54)C[C@@H]3OP(=O)(O)OC[C@H]3O[C@@H](n4cnc5c(=O)[nH]c(N)nc54)C[C@@H]3O)[C@@H](CO)O2)c(=O)[nH]1. The predicted molar refractivity (Wildman–Crippen MR) is 343 cm³/mol. The number of fused-ring (bicyclic) bond motifs is 5. The summed E-state index contributed by atoms with van der Waals surface area (Å²) >= 11 is 0. The van der Waals surface area contributed by atoms with Gasteiger partial charge in [0.2, 0.25) is 11.9 Å². The number of aliphatic hydroxyl groups excluding tert-OH is 2. The Morgan fingerprint density at radius 3 is 1.02 bits per heavy atom. The Labute approximate surface area is 577 Å². The molecule has 54 heteroatoms. The van der Waals surface area contributed by atoms with Crippen LogP contribution >= 0.6 is 31.3 Å². The lowest BCUT2D eigenvalue weighted by Crippen LogP contribution is -2.32. The second-order valence-electron chi connectivity index (χ2n) is 24.0. The number of rotatable bonds is 26. The van der Waals surface area contributed by atoms with Gasteiger partial charge in [-0.15, -0.1) is 0 Å². The molecular formula is C50H61N25O25P4. The lowest BCUT2D eigenvalue weighted by atomic mass is 10.2. The molecule has 0 radical (unpaired) electrons. The molecule has 0 spiro atoms. The molecule has 15 heterocycles. The minimum atomic E-state index is -5.44. The molecule has 5 fully saturated rings. The van der Waals surface area contributed by atoms with Crippen LogP contribution in [-0.2, 0) is 78.1 Å². The van der Waals surface area contributed by atoms with Gasteiger partial charge in [-0.2, -0.15) is 9.97 Å². The van der Waals surface area contributed by atoms with E-state index in [9.17, 15) is 57.6 Å². The molecular weight excluding hydrogens is 1470 g/mol. The van der Waals surface area contributed by atoms with Gasteiger partial charge in [-0.1, -0.05) is 0 Å². The van der Waals surface area contributed by atoms with Gasteiger partial charge in [0.05, 0.1) is 70.8 Å². The molecule has 10 aromatic rings. The fourth-order valence-corrected chi connectivity index (χ4v) is 16.4. The van der Waals surface area contributed by atoms with Crippen molar-refractivity contribution in [2.24, 2.45) is 0 Å². The molecule has 0 saturated carbocycles. The molecule has 0 aliphatic carbocycles. The molecule has 5 aliphatic rings. The van der Waals surface area contributed by atoms with E-state index < -0.39 is 168 Å². The van der Waals surface area contributed by atoms with Gasteiger partial charge >= 0.3 is 31.3 Å². The van der Waals surface area contributed by atoms with Crippen molar-refractivity contribution in [1.29, 1.82) is 0 Å². The minimum Gasteiger partial charge on any atom is -0.394 e. The standard InChI is InChI=1S/C50H61N25O25P4/c51-39-34-42(59-11-56-39)71(14-62-34)30-3-21(98-101(80,81)88-7-25-19(77)1-29(93-25)74-17-65-37-45(74)67-49(54)69-47(37)78)27(95-30)9-90-103(84,85)100-23-5-32(73-16-64-36-41(53)58-13-61-44(36)73)96-28(23)10-91-104(86,87)99-22-4-31(72-15-63-35-40(52)57-12-60-43(35)72)94-26(22)8-89-102(82,83)97-20-2-33(92-24(20)6-76)75-18-66-38-46(75)68-50(55)70-48(38)79/h11-33,76-77H,1-10H2,(H,80,81)(H,82,83)(H,84,85)(H,86,87)(H2,51,56,59)(H2,52,57,60)(H2,53,58,61)(H3,54,67,69,78)(H3,55,68,70,79)/t19-,20-,21-,22-,23-,24+,25+,26+,27+,28+,29+,30+,31+,32+,33+/m0/s1. The summed E-state index contributed by atoms with van der Waals surface area (Å²) in [5, 5.41) is 21.3. The Morgan fingerprint density at radius 1 is 0.404 bits per heavy atom. The average molecular weight is 1540 g/mol. The first-order valence-electron chi connectivity index (χ1n) is 31.1. The molecule has 5 saturated heterocycles. The van der Waals surface area contributed by atoms with E-state index in [0.717, 1.165) is 19.0 Å². The summed E-state index contributed by atoms with van der Waals surface area (Å²) in [6, 6.07) is 0. The van der Waals surface area contributed by atoms with Gasteiger partial charge in [0.25, 0.3) is 11.1 Å². The summed E-state index contributed by atoms with van der Waals surface area (Å²) in [6.07, 6.45) is -11.8. The normalized spacial score (nSPS) is 29.0. The number of nitrogens with zero attached hydrogens (tertiary/aromatic N) is 18. The number of phosphoric ester groups is 4. The van der Waals surface area contributed by atoms with Crippen molar-refractivity contribution in [3.8, 4) is 0 Å². The molecule has 19 atom stereocenters. The topological polar surface area (TPSA) is 698 Å².